The molecule has 24 heavy (non-hydrogen) atoms. The maximum Gasteiger partial charge on any atom is 0.258 e. The molecule has 1 N–H and O–H groups in total. The molecule has 0 atom stereocenters. The summed E-state index contributed by atoms with van der Waals surface area (Å²) in [5.74, 6) is -0.163. The Morgan fingerprint density at radius 1 is 1.21 bits per heavy atom. The molecule has 9 heteroatoms. The zero-order valence-electron chi connectivity index (χ0n) is 13.1. The van der Waals surface area contributed by atoms with Crippen LogP contribution in [0.3, 0.4) is 0 Å². The van der Waals surface area contributed by atoms with E-state index in [2.05, 4.69) is 10.5 Å². The van der Waals surface area contributed by atoms with E-state index in [9.17, 15) is 13.2 Å². The molecule has 2 heterocycles. The molecule has 128 valence electrons. The van der Waals surface area contributed by atoms with Crippen molar-refractivity contribution in [3.63, 3.8) is 0 Å². The van der Waals surface area contributed by atoms with Gasteiger partial charge in [0.2, 0.25) is 15.9 Å². The van der Waals surface area contributed by atoms with Gasteiger partial charge in [0.25, 0.3) is 5.91 Å². The van der Waals surface area contributed by atoms with Gasteiger partial charge in [0.1, 0.15) is 0 Å². The van der Waals surface area contributed by atoms with Gasteiger partial charge in [-0.1, -0.05) is 5.16 Å². The number of rotatable bonds is 4. The van der Waals surface area contributed by atoms with Crippen molar-refractivity contribution in [3.05, 3.63) is 41.6 Å². The largest absolute Gasteiger partial charge is 0.379 e. The van der Waals surface area contributed by atoms with E-state index in [1.54, 1.807) is 13.0 Å². The van der Waals surface area contributed by atoms with Crippen molar-refractivity contribution in [3.8, 4) is 0 Å². The van der Waals surface area contributed by atoms with E-state index in [0.717, 1.165) is 0 Å². The Morgan fingerprint density at radius 3 is 2.46 bits per heavy atom. The van der Waals surface area contributed by atoms with Crippen molar-refractivity contribution in [1.82, 2.24) is 9.46 Å². The number of carbonyl (C=O) groups excluding carboxylic acids is 1. The second-order valence-corrected chi connectivity index (χ2v) is 7.27. The van der Waals surface area contributed by atoms with Crippen molar-refractivity contribution in [2.75, 3.05) is 31.6 Å². The van der Waals surface area contributed by atoms with Crippen molar-refractivity contribution < 1.29 is 22.5 Å². The molecule has 1 amide bonds. The summed E-state index contributed by atoms with van der Waals surface area (Å²) in [5, 5.41) is 6.23. The highest BCUT2D eigenvalue weighted by molar-refractivity contribution is 7.89. The number of ether oxygens (including phenoxy) is 1. The molecule has 2 aromatic rings. The number of aromatic nitrogens is 1. The number of nitrogens with one attached hydrogen (secondary N) is 1. The molecular formula is C15H17N3O5S. The highest BCUT2D eigenvalue weighted by atomic mass is 32.2. The molecule has 3 rings (SSSR count). The second-order valence-electron chi connectivity index (χ2n) is 5.33. The Kier molecular flexibility index (Phi) is 4.65. The highest BCUT2D eigenvalue weighted by Gasteiger charge is 2.26. The van der Waals surface area contributed by atoms with E-state index >= 15 is 0 Å². The number of sulfonamides is 1. The van der Waals surface area contributed by atoms with Crippen LogP contribution in [-0.4, -0.2) is 50.1 Å². The lowest BCUT2D eigenvalue weighted by molar-refractivity contribution is 0.0730. The molecule has 0 bridgehead atoms. The Bertz CT molecular complexity index is 823. The van der Waals surface area contributed by atoms with E-state index in [1.807, 2.05) is 0 Å². The summed E-state index contributed by atoms with van der Waals surface area (Å²) in [7, 11) is -3.57. The molecule has 0 spiro atoms. The van der Waals surface area contributed by atoms with Gasteiger partial charge in [-0.2, -0.15) is 4.31 Å². The fraction of sp³-hybridized carbons (Fsp3) is 0.333. The number of aryl methyl sites for hydroxylation is 1. The van der Waals surface area contributed by atoms with Gasteiger partial charge in [0.15, 0.2) is 0 Å². The molecule has 0 saturated carbocycles. The van der Waals surface area contributed by atoms with Crippen LogP contribution in [0.2, 0.25) is 0 Å². The third-order valence-corrected chi connectivity index (χ3v) is 5.50. The first-order chi connectivity index (χ1) is 11.5. The molecule has 1 saturated heterocycles. The lowest BCUT2D eigenvalue weighted by Gasteiger charge is -2.26. The van der Waals surface area contributed by atoms with Gasteiger partial charge >= 0.3 is 0 Å². The topological polar surface area (TPSA) is 102 Å². The quantitative estimate of drug-likeness (QED) is 0.890. The van der Waals surface area contributed by atoms with E-state index in [4.69, 9.17) is 9.26 Å². The Balaban J connectivity index is 1.73. The van der Waals surface area contributed by atoms with Crippen molar-refractivity contribution in [2.24, 2.45) is 0 Å². The minimum Gasteiger partial charge on any atom is -0.379 e. The lowest BCUT2D eigenvalue weighted by atomic mass is 10.2. The van der Waals surface area contributed by atoms with Crippen LogP contribution in [0.1, 0.15) is 16.1 Å². The van der Waals surface area contributed by atoms with Crippen molar-refractivity contribution >= 4 is 21.8 Å². The van der Waals surface area contributed by atoms with Gasteiger partial charge in [0.05, 0.1) is 23.8 Å². The van der Waals surface area contributed by atoms with Gasteiger partial charge in [0, 0.05) is 24.7 Å². The van der Waals surface area contributed by atoms with E-state index in [-0.39, 0.29) is 10.8 Å². The summed E-state index contributed by atoms with van der Waals surface area (Å²) in [5.41, 5.74) is 0.974. The summed E-state index contributed by atoms with van der Waals surface area (Å²) in [6, 6.07) is 7.36. The SMILES string of the molecule is Cc1cc(NC(=O)c2ccc(S(=O)(=O)N3CCOCC3)cc2)on1. The Labute approximate surface area is 139 Å². The average Bonchev–Trinajstić information content (AvgIpc) is 3.00. The maximum absolute atomic E-state index is 12.5. The number of carbonyl (C=O) groups is 1. The van der Waals surface area contributed by atoms with Crippen LogP contribution in [-0.2, 0) is 14.8 Å². The number of morpholine rings is 1. The predicted octanol–water partition coefficient (Wildman–Crippen LogP) is 1.26. The molecule has 1 aliphatic heterocycles. The average molecular weight is 351 g/mol. The van der Waals surface area contributed by atoms with Crippen LogP contribution in [0.4, 0.5) is 5.88 Å². The van der Waals surface area contributed by atoms with Crippen LogP contribution < -0.4 is 5.32 Å². The van der Waals surface area contributed by atoms with Gasteiger partial charge in [-0.25, -0.2) is 8.42 Å². The Morgan fingerprint density at radius 2 is 1.88 bits per heavy atom. The normalized spacial score (nSPS) is 16.0. The third-order valence-electron chi connectivity index (χ3n) is 3.59. The summed E-state index contributed by atoms with van der Waals surface area (Å²) in [6.07, 6.45) is 0. The minimum atomic E-state index is -3.57. The number of nitrogens with zero attached hydrogens (tertiary/aromatic N) is 2. The summed E-state index contributed by atoms with van der Waals surface area (Å²) < 4.78 is 36.5. The zero-order chi connectivity index (χ0) is 17.2. The van der Waals surface area contributed by atoms with Crippen LogP contribution >= 0.6 is 0 Å². The van der Waals surface area contributed by atoms with Crippen molar-refractivity contribution in [2.45, 2.75) is 11.8 Å². The fourth-order valence-electron chi connectivity index (χ4n) is 2.32. The molecule has 0 radical (unpaired) electrons. The first kappa shape index (κ1) is 16.6. The predicted molar refractivity (Wildman–Crippen MR) is 85.2 cm³/mol. The van der Waals surface area contributed by atoms with E-state index in [1.165, 1.54) is 28.6 Å². The number of benzene rings is 1. The van der Waals surface area contributed by atoms with Gasteiger partial charge in [-0.05, 0) is 31.2 Å². The highest BCUT2D eigenvalue weighted by Crippen LogP contribution is 2.18. The first-order valence-electron chi connectivity index (χ1n) is 7.39. The summed E-state index contributed by atoms with van der Waals surface area (Å²) >= 11 is 0. The number of anilines is 1. The van der Waals surface area contributed by atoms with Gasteiger partial charge in [-0.3, -0.25) is 10.1 Å². The second kappa shape index (κ2) is 6.71. The fourth-order valence-corrected chi connectivity index (χ4v) is 3.73. The van der Waals surface area contributed by atoms with E-state index in [0.29, 0.717) is 37.6 Å². The standard InChI is InChI=1S/C15H17N3O5S/c1-11-10-14(23-17-11)16-15(19)12-2-4-13(5-3-12)24(20,21)18-6-8-22-9-7-18/h2-5,10H,6-9H2,1H3,(H,16,19). The third kappa shape index (κ3) is 3.48. The lowest BCUT2D eigenvalue weighted by Crippen LogP contribution is -2.40. The molecular weight excluding hydrogens is 334 g/mol. The van der Waals surface area contributed by atoms with E-state index < -0.39 is 15.9 Å². The molecule has 0 unspecified atom stereocenters. The van der Waals surface area contributed by atoms with Gasteiger partial charge < -0.3 is 9.26 Å². The maximum atomic E-state index is 12.5. The summed E-state index contributed by atoms with van der Waals surface area (Å²) in [6.45, 7) is 3.17. The Hall–Kier alpha value is -2.23. The minimum absolute atomic E-state index is 0.149. The van der Waals surface area contributed by atoms with Crippen LogP contribution in [0.15, 0.2) is 39.8 Å². The molecule has 1 aliphatic rings. The number of amides is 1. The van der Waals surface area contributed by atoms with Gasteiger partial charge in [-0.15, -0.1) is 0 Å². The molecule has 0 aliphatic carbocycles. The zero-order valence-corrected chi connectivity index (χ0v) is 13.9. The number of hydrogen-bond acceptors (Lipinski definition) is 6. The van der Waals surface area contributed by atoms with Crippen LogP contribution in [0.5, 0.6) is 0 Å². The number of hydrogen-bond donors (Lipinski definition) is 1. The first-order valence-corrected chi connectivity index (χ1v) is 8.83. The van der Waals surface area contributed by atoms with Crippen LogP contribution in [0, 0.1) is 6.92 Å². The smallest absolute Gasteiger partial charge is 0.258 e. The van der Waals surface area contributed by atoms with Crippen molar-refractivity contribution in [1.29, 1.82) is 0 Å². The molecule has 1 fully saturated rings. The molecule has 1 aromatic heterocycles. The molecule has 1 aromatic carbocycles. The molecule has 8 nitrogen and oxygen atoms in total. The van der Waals surface area contributed by atoms with Crippen LogP contribution in [0.25, 0.3) is 0 Å². The summed E-state index contributed by atoms with van der Waals surface area (Å²) in [4.78, 5) is 12.3. The monoisotopic (exact) mass is 351 g/mol.